The van der Waals surface area contributed by atoms with Gasteiger partial charge < -0.3 is 5.11 Å². The van der Waals surface area contributed by atoms with E-state index in [-0.39, 0.29) is 0 Å². The fourth-order valence-electron chi connectivity index (χ4n) is 1.63. The van der Waals surface area contributed by atoms with Crippen LogP contribution in [0.1, 0.15) is 26.7 Å². The molecule has 0 aromatic heterocycles. The second-order valence-electron chi connectivity index (χ2n) is 3.67. The van der Waals surface area contributed by atoms with Gasteiger partial charge in [0.25, 0.3) is 0 Å². The molecule has 58 valence electrons. The Morgan fingerprint density at radius 2 is 2.30 bits per heavy atom. The van der Waals surface area contributed by atoms with Gasteiger partial charge in [0.05, 0.1) is 5.60 Å². The third-order valence-corrected chi connectivity index (χ3v) is 2.47. The van der Waals surface area contributed by atoms with Crippen molar-refractivity contribution in [2.24, 2.45) is 11.8 Å². The smallest absolute Gasteiger partial charge is 0.0684 e. The highest BCUT2D eigenvalue weighted by atomic mass is 16.3. The van der Waals surface area contributed by atoms with Crippen LogP contribution in [-0.4, -0.2) is 10.7 Å². The highest BCUT2D eigenvalue weighted by molar-refractivity contribution is 4.99. The van der Waals surface area contributed by atoms with Crippen molar-refractivity contribution in [2.45, 2.75) is 32.3 Å². The summed E-state index contributed by atoms with van der Waals surface area (Å²) < 4.78 is 0. The molecule has 0 bridgehead atoms. The van der Waals surface area contributed by atoms with Gasteiger partial charge in [-0.2, -0.15) is 0 Å². The van der Waals surface area contributed by atoms with E-state index in [0.29, 0.717) is 5.92 Å². The molecule has 1 fully saturated rings. The summed E-state index contributed by atoms with van der Waals surface area (Å²) in [6, 6.07) is 0. The van der Waals surface area contributed by atoms with Gasteiger partial charge in [-0.1, -0.05) is 13.0 Å². The van der Waals surface area contributed by atoms with Gasteiger partial charge in [-0.25, -0.2) is 0 Å². The van der Waals surface area contributed by atoms with Gasteiger partial charge in [0.1, 0.15) is 0 Å². The zero-order valence-corrected chi connectivity index (χ0v) is 6.80. The molecule has 0 aromatic rings. The molecule has 0 spiro atoms. The maximum Gasteiger partial charge on any atom is 0.0684 e. The zero-order valence-electron chi connectivity index (χ0n) is 6.80. The summed E-state index contributed by atoms with van der Waals surface area (Å²) >= 11 is 0. The predicted octanol–water partition coefficient (Wildman–Crippen LogP) is 1.97. The number of rotatable bonds is 3. The maximum atomic E-state index is 9.75. The van der Waals surface area contributed by atoms with Crippen LogP contribution in [0.2, 0.25) is 0 Å². The Balaban J connectivity index is 2.43. The quantitative estimate of drug-likeness (QED) is 0.594. The molecular weight excluding hydrogens is 124 g/mol. The third kappa shape index (κ3) is 1.40. The number of hydrogen-bond acceptors (Lipinski definition) is 1. The van der Waals surface area contributed by atoms with Gasteiger partial charge in [0.15, 0.2) is 0 Å². The lowest BCUT2D eigenvalue weighted by atomic mass is 9.95. The summed E-state index contributed by atoms with van der Waals surface area (Å²) in [5, 5.41) is 9.75. The third-order valence-electron chi connectivity index (χ3n) is 2.47. The van der Waals surface area contributed by atoms with E-state index in [1.54, 1.807) is 6.08 Å². The van der Waals surface area contributed by atoms with E-state index in [1.807, 2.05) is 6.92 Å². The van der Waals surface area contributed by atoms with E-state index in [9.17, 15) is 5.11 Å². The van der Waals surface area contributed by atoms with Crippen molar-refractivity contribution >= 4 is 0 Å². The maximum absolute atomic E-state index is 9.75. The number of aliphatic hydroxyl groups is 1. The van der Waals surface area contributed by atoms with Crippen molar-refractivity contribution in [1.82, 2.24) is 0 Å². The van der Waals surface area contributed by atoms with Gasteiger partial charge in [-0.15, -0.1) is 6.58 Å². The molecule has 10 heavy (non-hydrogen) atoms. The highest BCUT2D eigenvalue weighted by Crippen LogP contribution is 2.47. The molecular formula is C9H16O. The normalized spacial score (nSPS) is 36.7. The molecule has 1 rings (SSSR count). The van der Waals surface area contributed by atoms with Crippen molar-refractivity contribution in [3.05, 3.63) is 12.7 Å². The molecule has 3 atom stereocenters. The molecule has 0 aliphatic heterocycles. The van der Waals surface area contributed by atoms with Crippen LogP contribution in [0, 0.1) is 11.8 Å². The molecule has 0 aromatic carbocycles. The predicted molar refractivity (Wildman–Crippen MR) is 42.7 cm³/mol. The first-order valence-corrected chi connectivity index (χ1v) is 3.91. The van der Waals surface area contributed by atoms with Crippen LogP contribution in [0.25, 0.3) is 0 Å². The Morgan fingerprint density at radius 3 is 2.60 bits per heavy atom. The molecule has 3 unspecified atom stereocenters. The van der Waals surface area contributed by atoms with Gasteiger partial charge in [0, 0.05) is 0 Å². The van der Waals surface area contributed by atoms with Crippen LogP contribution in [0.3, 0.4) is 0 Å². The van der Waals surface area contributed by atoms with E-state index < -0.39 is 5.60 Å². The largest absolute Gasteiger partial charge is 0.390 e. The standard InChI is InChI=1S/C9H16O/c1-4-5-9(3,10)8-6-7(8)2/h4,7-8,10H,1,5-6H2,2-3H3. The van der Waals surface area contributed by atoms with Crippen molar-refractivity contribution in [3.63, 3.8) is 0 Å². The molecule has 0 saturated heterocycles. The van der Waals surface area contributed by atoms with Crippen LogP contribution in [0.5, 0.6) is 0 Å². The summed E-state index contributed by atoms with van der Waals surface area (Å²) in [6.45, 7) is 7.71. The molecule has 1 saturated carbocycles. The molecule has 1 N–H and O–H groups in total. The highest BCUT2D eigenvalue weighted by Gasteiger charge is 2.45. The average Bonchev–Trinajstić information content (AvgIpc) is 2.46. The fraction of sp³-hybridized carbons (Fsp3) is 0.778. The Morgan fingerprint density at radius 1 is 1.80 bits per heavy atom. The monoisotopic (exact) mass is 140 g/mol. The van der Waals surface area contributed by atoms with Gasteiger partial charge in [0.2, 0.25) is 0 Å². The minimum Gasteiger partial charge on any atom is -0.390 e. The SMILES string of the molecule is C=CCC(C)(O)C1CC1C. The van der Waals surface area contributed by atoms with E-state index in [0.717, 1.165) is 12.3 Å². The summed E-state index contributed by atoms with van der Waals surface area (Å²) in [5.74, 6) is 1.24. The van der Waals surface area contributed by atoms with Crippen molar-refractivity contribution < 1.29 is 5.11 Å². The lowest BCUT2D eigenvalue weighted by Crippen LogP contribution is -2.26. The van der Waals surface area contributed by atoms with E-state index in [4.69, 9.17) is 0 Å². The molecule has 0 radical (unpaired) electrons. The van der Waals surface area contributed by atoms with Gasteiger partial charge >= 0.3 is 0 Å². The average molecular weight is 140 g/mol. The Bertz CT molecular complexity index is 138. The number of hydrogen-bond donors (Lipinski definition) is 1. The minimum absolute atomic E-state index is 0.485. The second kappa shape index (κ2) is 2.39. The lowest BCUT2D eigenvalue weighted by molar-refractivity contribution is 0.0353. The fourth-order valence-corrected chi connectivity index (χ4v) is 1.63. The summed E-state index contributed by atoms with van der Waals surface area (Å²) in [4.78, 5) is 0. The van der Waals surface area contributed by atoms with E-state index >= 15 is 0 Å². The summed E-state index contributed by atoms with van der Waals surface area (Å²) in [5.41, 5.74) is -0.485. The molecule has 0 amide bonds. The Hall–Kier alpha value is -0.300. The van der Waals surface area contributed by atoms with Crippen LogP contribution in [0.4, 0.5) is 0 Å². The molecule has 1 aliphatic rings. The van der Waals surface area contributed by atoms with Gasteiger partial charge in [-0.3, -0.25) is 0 Å². The minimum atomic E-state index is -0.485. The van der Waals surface area contributed by atoms with E-state index in [2.05, 4.69) is 13.5 Å². The molecule has 1 heteroatoms. The Kier molecular flexibility index (Phi) is 1.86. The summed E-state index contributed by atoms with van der Waals surface area (Å²) in [6.07, 6.45) is 3.70. The molecule has 1 nitrogen and oxygen atoms in total. The zero-order chi connectivity index (χ0) is 7.78. The second-order valence-corrected chi connectivity index (χ2v) is 3.67. The summed E-state index contributed by atoms with van der Waals surface area (Å²) in [7, 11) is 0. The van der Waals surface area contributed by atoms with Crippen molar-refractivity contribution in [1.29, 1.82) is 0 Å². The van der Waals surface area contributed by atoms with Crippen LogP contribution < -0.4 is 0 Å². The topological polar surface area (TPSA) is 20.2 Å². The Labute approximate surface area is 62.8 Å². The molecule has 1 aliphatic carbocycles. The van der Waals surface area contributed by atoms with Crippen molar-refractivity contribution in [3.8, 4) is 0 Å². The van der Waals surface area contributed by atoms with Crippen LogP contribution in [0.15, 0.2) is 12.7 Å². The van der Waals surface area contributed by atoms with Crippen LogP contribution >= 0.6 is 0 Å². The van der Waals surface area contributed by atoms with E-state index in [1.165, 1.54) is 6.42 Å². The first-order valence-electron chi connectivity index (χ1n) is 3.91. The van der Waals surface area contributed by atoms with Crippen molar-refractivity contribution in [2.75, 3.05) is 0 Å². The first-order chi connectivity index (χ1) is 4.58. The lowest BCUT2D eigenvalue weighted by Gasteiger charge is -2.21. The van der Waals surface area contributed by atoms with Gasteiger partial charge in [-0.05, 0) is 31.6 Å². The van der Waals surface area contributed by atoms with Crippen LogP contribution in [-0.2, 0) is 0 Å². The first kappa shape index (κ1) is 7.80. The molecule has 0 heterocycles.